The Hall–Kier alpha value is -2.32. The summed E-state index contributed by atoms with van der Waals surface area (Å²) in [5, 5.41) is 13.0. The molecule has 1 aromatic rings. The van der Waals surface area contributed by atoms with Gasteiger partial charge in [-0.3, -0.25) is 10.1 Å². The van der Waals surface area contributed by atoms with Crippen LogP contribution in [0.15, 0.2) is 18.2 Å². The van der Waals surface area contributed by atoms with Gasteiger partial charge in [0.2, 0.25) is 0 Å². The van der Waals surface area contributed by atoms with Crippen LogP contribution in [0.25, 0.3) is 0 Å². The summed E-state index contributed by atoms with van der Waals surface area (Å²) in [6, 6.07) is 2.01. The SMILES string of the molecule is CC(C)(C)OC(=O)NCc1cc(C(F)(F)F)ccc1[N+](=O)[O-]. The molecule has 0 atom stereocenters. The van der Waals surface area contributed by atoms with E-state index in [1.54, 1.807) is 20.8 Å². The summed E-state index contributed by atoms with van der Waals surface area (Å²) in [7, 11) is 0. The molecule has 1 N–H and O–H groups in total. The van der Waals surface area contributed by atoms with Gasteiger partial charge in [-0.1, -0.05) is 0 Å². The summed E-state index contributed by atoms with van der Waals surface area (Å²) in [5.41, 5.74) is -2.59. The first-order valence-electron chi connectivity index (χ1n) is 6.21. The molecular formula is C13H15F3N2O4. The molecule has 1 aromatic carbocycles. The molecule has 0 aliphatic heterocycles. The third kappa shape index (κ3) is 5.23. The monoisotopic (exact) mass is 320 g/mol. The molecule has 0 aromatic heterocycles. The second kappa shape index (κ2) is 6.20. The number of alkyl carbamates (subject to hydrolysis) is 1. The molecule has 22 heavy (non-hydrogen) atoms. The minimum atomic E-state index is -4.63. The summed E-state index contributed by atoms with van der Waals surface area (Å²) in [4.78, 5) is 21.5. The molecule has 0 saturated carbocycles. The molecule has 1 amide bonds. The number of halogens is 3. The van der Waals surface area contributed by atoms with E-state index in [1.165, 1.54) is 0 Å². The molecule has 0 unspecified atom stereocenters. The van der Waals surface area contributed by atoms with Crippen LogP contribution in [0.3, 0.4) is 0 Å². The molecule has 122 valence electrons. The van der Waals surface area contributed by atoms with Gasteiger partial charge in [0.25, 0.3) is 5.69 Å². The van der Waals surface area contributed by atoms with Crippen molar-refractivity contribution in [2.75, 3.05) is 0 Å². The molecule has 0 radical (unpaired) electrons. The minimum Gasteiger partial charge on any atom is -0.444 e. The smallest absolute Gasteiger partial charge is 0.416 e. The van der Waals surface area contributed by atoms with Gasteiger partial charge in [0.15, 0.2) is 0 Å². The number of ether oxygens (including phenoxy) is 1. The van der Waals surface area contributed by atoms with Gasteiger partial charge >= 0.3 is 12.3 Å². The van der Waals surface area contributed by atoms with Gasteiger partial charge in [-0.25, -0.2) is 4.79 Å². The quantitative estimate of drug-likeness (QED) is 0.681. The Kier molecular flexibility index (Phi) is 5.00. The Morgan fingerprint density at radius 3 is 2.36 bits per heavy atom. The predicted molar refractivity (Wildman–Crippen MR) is 71.2 cm³/mol. The highest BCUT2D eigenvalue weighted by Gasteiger charge is 2.32. The zero-order valence-corrected chi connectivity index (χ0v) is 12.2. The second-order valence-corrected chi connectivity index (χ2v) is 5.45. The van der Waals surface area contributed by atoms with Crippen molar-refractivity contribution >= 4 is 11.8 Å². The van der Waals surface area contributed by atoms with Crippen LogP contribution >= 0.6 is 0 Å². The van der Waals surface area contributed by atoms with Crippen molar-refractivity contribution < 1.29 is 27.6 Å². The summed E-state index contributed by atoms with van der Waals surface area (Å²) in [6.45, 7) is 4.38. The largest absolute Gasteiger partial charge is 0.444 e. The van der Waals surface area contributed by atoms with Crippen LogP contribution in [0.4, 0.5) is 23.7 Å². The first-order valence-corrected chi connectivity index (χ1v) is 6.21. The van der Waals surface area contributed by atoms with Gasteiger partial charge in [0.05, 0.1) is 17.0 Å². The van der Waals surface area contributed by atoms with Crippen LogP contribution in [0.2, 0.25) is 0 Å². The Balaban J connectivity index is 2.96. The zero-order valence-electron chi connectivity index (χ0n) is 12.2. The number of hydrogen-bond acceptors (Lipinski definition) is 4. The van der Waals surface area contributed by atoms with Crippen molar-refractivity contribution in [2.24, 2.45) is 0 Å². The Morgan fingerprint density at radius 2 is 1.91 bits per heavy atom. The van der Waals surface area contributed by atoms with Crippen LogP contribution in [0.1, 0.15) is 31.9 Å². The van der Waals surface area contributed by atoms with Crippen molar-refractivity contribution in [3.8, 4) is 0 Å². The van der Waals surface area contributed by atoms with E-state index >= 15 is 0 Å². The van der Waals surface area contributed by atoms with E-state index in [2.05, 4.69) is 5.32 Å². The minimum absolute atomic E-state index is 0.259. The fourth-order valence-corrected chi connectivity index (χ4v) is 1.56. The lowest BCUT2D eigenvalue weighted by Gasteiger charge is -2.19. The van der Waals surface area contributed by atoms with Crippen molar-refractivity contribution in [3.05, 3.63) is 39.4 Å². The van der Waals surface area contributed by atoms with Crippen molar-refractivity contribution in [3.63, 3.8) is 0 Å². The Bertz CT molecular complexity index is 580. The summed E-state index contributed by atoms with van der Waals surface area (Å²) in [6.07, 6.45) is -5.50. The Morgan fingerprint density at radius 1 is 1.32 bits per heavy atom. The maximum absolute atomic E-state index is 12.6. The standard InChI is InChI=1S/C13H15F3N2O4/c1-12(2,3)22-11(19)17-7-8-6-9(13(14,15)16)4-5-10(8)18(20)21/h4-6H,7H2,1-3H3,(H,17,19). The summed E-state index contributed by atoms with van der Waals surface area (Å²) in [5.74, 6) is 0. The van der Waals surface area contributed by atoms with Crippen molar-refractivity contribution in [2.45, 2.75) is 39.1 Å². The number of rotatable bonds is 3. The molecule has 0 aliphatic carbocycles. The highest BCUT2D eigenvalue weighted by atomic mass is 19.4. The maximum atomic E-state index is 12.6. The van der Waals surface area contributed by atoms with E-state index in [4.69, 9.17) is 4.74 Å². The summed E-state index contributed by atoms with van der Waals surface area (Å²) < 4.78 is 42.8. The number of hydrogen-bond donors (Lipinski definition) is 1. The van der Waals surface area contributed by atoms with Gasteiger partial charge in [0.1, 0.15) is 5.60 Å². The van der Waals surface area contributed by atoms with Crippen molar-refractivity contribution in [1.82, 2.24) is 5.32 Å². The van der Waals surface area contributed by atoms with Gasteiger partial charge in [-0.15, -0.1) is 0 Å². The number of nitro benzene ring substituents is 1. The Labute approximate surface area is 124 Å². The molecule has 6 nitrogen and oxygen atoms in total. The highest BCUT2D eigenvalue weighted by Crippen LogP contribution is 2.32. The lowest BCUT2D eigenvalue weighted by atomic mass is 10.1. The first-order chi connectivity index (χ1) is 9.90. The van der Waals surface area contributed by atoms with Gasteiger partial charge in [-0.05, 0) is 32.9 Å². The number of carbonyl (C=O) groups excluding carboxylic acids is 1. The number of nitrogens with one attached hydrogen (secondary N) is 1. The topological polar surface area (TPSA) is 81.5 Å². The average molecular weight is 320 g/mol. The molecule has 0 bridgehead atoms. The molecule has 1 rings (SSSR count). The van der Waals surface area contributed by atoms with Crippen LogP contribution in [-0.2, 0) is 17.5 Å². The number of alkyl halides is 3. The molecule has 0 spiro atoms. The van der Waals surface area contributed by atoms with E-state index < -0.39 is 40.6 Å². The van der Waals surface area contributed by atoms with Gasteiger partial charge in [0, 0.05) is 11.6 Å². The van der Waals surface area contributed by atoms with Crippen LogP contribution < -0.4 is 5.32 Å². The zero-order chi connectivity index (χ0) is 17.1. The average Bonchev–Trinajstić information content (AvgIpc) is 2.32. The van der Waals surface area contributed by atoms with Crippen LogP contribution in [-0.4, -0.2) is 16.6 Å². The van der Waals surface area contributed by atoms with Crippen LogP contribution in [0, 0.1) is 10.1 Å². The normalized spacial score (nSPS) is 11.9. The molecule has 0 heterocycles. The first kappa shape index (κ1) is 17.7. The van der Waals surface area contributed by atoms with Gasteiger partial charge < -0.3 is 10.1 Å². The lowest BCUT2D eigenvalue weighted by molar-refractivity contribution is -0.385. The highest BCUT2D eigenvalue weighted by molar-refractivity contribution is 5.68. The molecule has 0 aliphatic rings. The van der Waals surface area contributed by atoms with Crippen molar-refractivity contribution in [1.29, 1.82) is 0 Å². The fraction of sp³-hybridized carbons (Fsp3) is 0.462. The molecular weight excluding hydrogens is 305 g/mol. The van der Waals surface area contributed by atoms with E-state index in [0.717, 1.165) is 6.07 Å². The number of amides is 1. The second-order valence-electron chi connectivity index (χ2n) is 5.45. The van der Waals surface area contributed by atoms with E-state index in [1.807, 2.05) is 0 Å². The molecule has 0 saturated heterocycles. The predicted octanol–water partition coefficient (Wildman–Crippen LogP) is 3.64. The lowest BCUT2D eigenvalue weighted by Crippen LogP contribution is -2.32. The van der Waals surface area contributed by atoms with E-state index in [-0.39, 0.29) is 5.56 Å². The fourth-order valence-electron chi connectivity index (χ4n) is 1.56. The number of carbonyl (C=O) groups is 1. The summed E-state index contributed by atoms with van der Waals surface area (Å²) >= 11 is 0. The molecule has 9 heteroatoms. The van der Waals surface area contributed by atoms with E-state index in [9.17, 15) is 28.1 Å². The molecule has 0 fully saturated rings. The van der Waals surface area contributed by atoms with Crippen LogP contribution in [0.5, 0.6) is 0 Å². The number of benzene rings is 1. The number of nitro groups is 1. The van der Waals surface area contributed by atoms with Gasteiger partial charge in [-0.2, -0.15) is 13.2 Å². The number of nitrogens with zero attached hydrogens (tertiary/aromatic N) is 1. The van der Waals surface area contributed by atoms with E-state index in [0.29, 0.717) is 12.1 Å². The maximum Gasteiger partial charge on any atom is 0.416 e. The third-order valence-electron chi connectivity index (χ3n) is 2.43. The third-order valence-corrected chi connectivity index (χ3v) is 2.43.